The van der Waals surface area contributed by atoms with Crippen LogP contribution in [0.4, 0.5) is 0 Å². The van der Waals surface area contributed by atoms with Gasteiger partial charge >= 0.3 is 0 Å². The number of likely N-dealkylation sites (N-methyl/N-ethyl adjacent to an activating group) is 1. The molecule has 0 bridgehead atoms. The van der Waals surface area contributed by atoms with E-state index in [0.717, 1.165) is 19.6 Å². The summed E-state index contributed by atoms with van der Waals surface area (Å²) >= 11 is 0. The molecule has 0 aliphatic heterocycles. The maximum Gasteiger partial charge on any atom is 0.231 e. The minimum Gasteiger partial charge on any atom is -0.369 e. The highest BCUT2D eigenvalue weighted by atomic mass is 16.1. The molecular weight excluding hydrogens is 178 g/mol. The van der Waals surface area contributed by atoms with E-state index < -0.39 is 0 Å². The van der Waals surface area contributed by atoms with E-state index in [9.17, 15) is 4.79 Å². The SMILES string of the molecule is CCN(CCNC(C)(C)C)CC(N)=O. The molecule has 0 saturated carbocycles. The fourth-order valence-electron chi connectivity index (χ4n) is 1.16. The third-order valence-electron chi connectivity index (χ3n) is 1.91. The zero-order chi connectivity index (χ0) is 11.2. The van der Waals surface area contributed by atoms with Crippen molar-refractivity contribution in [1.82, 2.24) is 10.2 Å². The van der Waals surface area contributed by atoms with Gasteiger partial charge in [-0.15, -0.1) is 0 Å². The first-order valence-electron chi connectivity index (χ1n) is 5.11. The van der Waals surface area contributed by atoms with Gasteiger partial charge in [0.05, 0.1) is 6.54 Å². The number of rotatable bonds is 6. The minimum atomic E-state index is -0.261. The topological polar surface area (TPSA) is 58.4 Å². The van der Waals surface area contributed by atoms with Crippen molar-refractivity contribution in [1.29, 1.82) is 0 Å². The van der Waals surface area contributed by atoms with Crippen molar-refractivity contribution in [2.75, 3.05) is 26.2 Å². The predicted molar refractivity (Wildman–Crippen MR) is 59.1 cm³/mol. The van der Waals surface area contributed by atoms with Gasteiger partial charge in [0, 0.05) is 18.6 Å². The van der Waals surface area contributed by atoms with E-state index >= 15 is 0 Å². The molecule has 3 N–H and O–H groups in total. The van der Waals surface area contributed by atoms with E-state index in [1.54, 1.807) is 0 Å². The van der Waals surface area contributed by atoms with Crippen LogP contribution in [0.1, 0.15) is 27.7 Å². The van der Waals surface area contributed by atoms with Crippen molar-refractivity contribution >= 4 is 5.91 Å². The summed E-state index contributed by atoms with van der Waals surface area (Å²) in [4.78, 5) is 12.7. The molecule has 0 aliphatic rings. The van der Waals surface area contributed by atoms with Crippen molar-refractivity contribution in [2.24, 2.45) is 5.73 Å². The first-order valence-corrected chi connectivity index (χ1v) is 5.11. The molecule has 1 amide bonds. The van der Waals surface area contributed by atoms with Crippen LogP contribution in [0.25, 0.3) is 0 Å². The van der Waals surface area contributed by atoms with Crippen molar-refractivity contribution in [2.45, 2.75) is 33.2 Å². The third kappa shape index (κ3) is 8.01. The van der Waals surface area contributed by atoms with E-state index in [4.69, 9.17) is 5.73 Å². The summed E-state index contributed by atoms with van der Waals surface area (Å²) in [6.07, 6.45) is 0. The molecule has 0 rings (SSSR count). The van der Waals surface area contributed by atoms with Gasteiger partial charge < -0.3 is 11.1 Å². The van der Waals surface area contributed by atoms with Crippen LogP contribution in [0.5, 0.6) is 0 Å². The smallest absolute Gasteiger partial charge is 0.231 e. The Morgan fingerprint density at radius 2 is 2.00 bits per heavy atom. The molecule has 0 unspecified atom stereocenters. The Morgan fingerprint density at radius 3 is 2.36 bits per heavy atom. The third-order valence-corrected chi connectivity index (χ3v) is 1.91. The molecule has 0 heterocycles. The quantitative estimate of drug-likeness (QED) is 0.644. The van der Waals surface area contributed by atoms with E-state index in [0.29, 0.717) is 6.54 Å². The lowest BCUT2D eigenvalue weighted by Gasteiger charge is -2.24. The van der Waals surface area contributed by atoms with Gasteiger partial charge in [0.15, 0.2) is 0 Å². The largest absolute Gasteiger partial charge is 0.369 e. The standard InChI is InChI=1S/C10H23N3O/c1-5-13(8-9(11)14)7-6-12-10(2,3)4/h12H,5-8H2,1-4H3,(H2,11,14). The van der Waals surface area contributed by atoms with Gasteiger partial charge in [-0.2, -0.15) is 0 Å². The minimum absolute atomic E-state index is 0.131. The molecule has 0 aliphatic carbocycles. The van der Waals surface area contributed by atoms with Crippen LogP contribution >= 0.6 is 0 Å². The Morgan fingerprint density at radius 1 is 1.43 bits per heavy atom. The van der Waals surface area contributed by atoms with Crippen LogP contribution in [-0.2, 0) is 4.79 Å². The summed E-state index contributed by atoms with van der Waals surface area (Å²) in [7, 11) is 0. The van der Waals surface area contributed by atoms with Crippen molar-refractivity contribution in [3.05, 3.63) is 0 Å². The number of nitrogens with zero attached hydrogens (tertiary/aromatic N) is 1. The van der Waals surface area contributed by atoms with Gasteiger partial charge in [0.25, 0.3) is 0 Å². The number of hydrogen-bond acceptors (Lipinski definition) is 3. The molecule has 0 saturated heterocycles. The highest BCUT2D eigenvalue weighted by Crippen LogP contribution is 1.97. The predicted octanol–water partition coefficient (Wildman–Crippen LogP) is 0.182. The summed E-state index contributed by atoms with van der Waals surface area (Å²) in [5.41, 5.74) is 5.26. The lowest BCUT2D eigenvalue weighted by molar-refractivity contribution is -0.119. The number of amides is 1. The van der Waals surface area contributed by atoms with Crippen molar-refractivity contribution in [3.63, 3.8) is 0 Å². The Labute approximate surface area is 86.8 Å². The van der Waals surface area contributed by atoms with Crippen LogP contribution in [-0.4, -0.2) is 42.5 Å². The number of carbonyl (C=O) groups is 1. The molecule has 0 aromatic heterocycles. The lowest BCUT2D eigenvalue weighted by Crippen LogP contribution is -2.43. The maximum absolute atomic E-state index is 10.7. The summed E-state index contributed by atoms with van der Waals surface area (Å²) in [5, 5.41) is 3.37. The summed E-state index contributed by atoms with van der Waals surface area (Å²) in [6.45, 7) is 11.3. The van der Waals surface area contributed by atoms with Gasteiger partial charge in [-0.1, -0.05) is 6.92 Å². The van der Waals surface area contributed by atoms with Crippen LogP contribution < -0.4 is 11.1 Å². The van der Waals surface area contributed by atoms with Gasteiger partial charge in [0.1, 0.15) is 0 Å². The summed E-state index contributed by atoms with van der Waals surface area (Å²) < 4.78 is 0. The zero-order valence-electron chi connectivity index (χ0n) is 9.76. The summed E-state index contributed by atoms with van der Waals surface area (Å²) in [6, 6.07) is 0. The molecule has 0 atom stereocenters. The van der Waals surface area contributed by atoms with Crippen LogP contribution in [0.3, 0.4) is 0 Å². The van der Waals surface area contributed by atoms with Crippen molar-refractivity contribution in [3.8, 4) is 0 Å². The zero-order valence-corrected chi connectivity index (χ0v) is 9.76. The molecule has 4 heteroatoms. The average Bonchev–Trinajstić information content (AvgIpc) is 1.99. The Bertz CT molecular complexity index is 175. The first kappa shape index (κ1) is 13.4. The maximum atomic E-state index is 10.7. The molecular formula is C10H23N3O. The number of nitrogens with one attached hydrogen (secondary N) is 1. The molecule has 0 spiro atoms. The highest BCUT2D eigenvalue weighted by molar-refractivity contribution is 5.75. The van der Waals surface area contributed by atoms with Gasteiger partial charge in [-0.05, 0) is 27.3 Å². The fourth-order valence-corrected chi connectivity index (χ4v) is 1.16. The lowest BCUT2D eigenvalue weighted by atomic mass is 10.1. The Balaban J connectivity index is 3.68. The van der Waals surface area contributed by atoms with Gasteiger partial charge in [-0.3, -0.25) is 9.69 Å². The normalized spacial score (nSPS) is 12.1. The molecule has 0 aromatic rings. The second-order valence-corrected chi connectivity index (χ2v) is 4.51. The van der Waals surface area contributed by atoms with E-state index in [-0.39, 0.29) is 11.4 Å². The monoisotopic (exact) mass is 201 g/mol. The molecule has 0 aromatic carbocycles. The molecule has 4 nitrogen and oxygen atoms in total. The van der Waals surface area contributed by atoms with Gasteiger partial charge in [-0.25, -0.2) is 0 Å². The number of nitrogens with two attached hydrogens (primary N) is 1. The molecule has 0 fully saturated rings. The summed E-state index contributed by atoms with van der Waals surface area (Å²) in [5.74, 6) is -0.261. The number of primary amides is 1. The Kier molecular flexibility index (Phi) is 5.72. The van der Waals surface area contributed by atoms with E-state index in [1.165, 1.54) is 0 Å². The second-order valence-electron chi connectivity index (χ2n) is 4.51. The second kappa shape index (κ2) is 5.98. The van der Waals surface area contributed by atoms with E-state index in [2.05, 4.69) is 26.1 Å². The van der Waals surface area contributed by atoms with E-state index in [1.807, 2.05) is 11.8 Å². The van der Waals surface area contributed by atoms with Crippen molar-refractivity contribution < 1.29 is 4.79 Å². The number of hydrogen-bond donors (Lipinski definition) is 2. The van der Waals surface area contributed by atoms with Crippen LogP contribution in [0.2, 0.25) is 0 Å². The Hall–Kier alpha value is -0.610. The fraction of sp³-hybridized carbons (Fsp3) is 0.900. The van der Waals surface area contributed by atoms with Crippen LogP contribution in [0.15, 0.2) is 0 Å². The molecule has 14 heavy (non-hydrogen) atoms. The first-order chi connectivity index (χ1) is 6.35. The van der Waals surface area contributed by atoms with Crippen LogP contribution in [0, 0.1) is 0 Å². The highest BCUT2D eigenvalue weighted by Gasteiger charge is 2.10. The van der Waals surface area contributed by atoms with Gasteiger partial charge in [0.2, 0.25) is 5.91 Å². The molecule has 84 valence electrons. The number of carbonyl (C=O) groups excluding carboxylic acids is 1. The molecule has 0 radical (unpaired) electrons. The average molecular weight is 201 g/mol.